The number of benzene rings is 2. The van der Waals surface area contributed by atoms with Gasteiger partial charge in [0.1, 0.15) is 5.75 Å². The van der Waals surface area contributed by atoms with Crippen molar-refractivity contribution >= 4 is 22.1 Å². The zero-order chi connectivity index (χ0) is 13.8. The summed E-state index contributed by atoms with van der Waals surface area (Å²) in [5.41, 5.74) is 1.30. The lowest BCUT2D eigenvalue weighted by atomic mass is 10.1. The van der Waals surface area contributed by atoms with Crippen molar-refractivity contribution in [2.45, 2.75) is 13.1 Å². The molecule has 0 aliphatic carbocycles. The summed E-state index contributed by atoms with van der Waals surface area (Å²) in [6.45, 7) is 1.82. The summed E-state index contributed by atoms with van der Waals surface area (Å²) in [5.74, 6) is 0.904. The van der Waals surface area contributed by atoms with Crippen molar-refractivity contribution in [2.24, 2.45) is 0 Å². The third kappa shape index (κ3) is 3.00. The molecule has 3 heteroatoms. The van der Waals surface area contributed by atoms with Crippen molar-refractivity contribution in [2.75, 3.05) is 7.11 Å². The van der Waals surface area contributed by atoms with Crippen molar-refractivity contribution in [3.63, 3.8) is 0 Å². The molecule has 0 radical (unpaired) electrons. The molecule has 102 valence electrons. The number of nitrogens with one attached hydrogen (secondary N) is 1. The van der Waals surface area contributed by atoms with Gasteiger partial charge in [0.15, 0.2) is 0 Å². The zero-order valence-corrected chi connectivity index (χ0v) is 12.2. The summed E-state index contributed by atoms with van der Waals surface area (Å²) in [4.78, 5) is 1.37. The lowest BCUT2D eigenvalue weighted by molar-refractivity contribution is 0.415. The van der Waals surface area contributed by atoms with Gasteiger partial charge < -0.3 is 10.1 Å². The molecule has 0 saturated heterocycles. The van der Waals surface area contributed by atoms with Crippen LogP contribution in [0.25, 0.3) is 10.8 Å². The van der Waals surface area contributed by atoms with Gasteiger partial charge in [-0.25, -0.2) is 0 Å². The van der Waals surface area contributed by atoms with E-state index < -0.39 is 0 Å². The molecular formula is C17H17NOS. The minimum absolute atomic E-state index is 0.889. The van der Waals surface area contributed by atoms with Crippen LogP contribution in [0, 0.1) is 0 Å². The molecule has 1 N–H and O–H groups in total. The molecule has 0 aliphatic heterocycles. The molecule has 20 heavy (non-hydrogen) atoms. The van der Waals surface area contributed by atoms with Gasteiger partial charge >= 0.3 is 0 Å². The van der Waals surface area contributed by atoms with E-state index in [9.17, 15) is 0 Å². The quantitative estimate of drug-likeness (QED) is 0.757. The van der Waals surface area contributed by atoms with E-state index in [-0.39, 0.29) is 0 Å². The van der Waals surface area contributed by atoms with E-state index in [2.05, 4.69) is 53.2 Å². The van der Waals surface area contributed by atoms with Crippen molar-refractivity contribution in [1.29, 1.82) is 0 Å². The number of thiophene rings is 1. The highest BCUT2D eigenvalue weighted by Crippen LogP contribution is 2.21. The van der Waals surface area contributed by atoms with Crippen molar-refractivity contribution < 1.29 is 4.74 Å². The van der Waals surface area contributed by atoms with Gasteiger partial charge in [0.25, 0.3) is 0 Å². The standard InChI is InChI=1S/C17H17NOS/c1-19-16-7-6-14-9-13(4-5-15(14)10-16)11-18-12-17-3-2-8-20-17/h2-10,18H,11-12H2,1H3. The van der Waals surface area contributed by atoms with Gasteiger partial charge in [-0.3, -0.25) is 0 Å². The summed E-state index contributed by atoms with van der Waals surface area (Å²) in [6.07, 6.45) is 0. The average molecular weight is 283 g/mol. The molecular weight excluding hydrogens is 266 g/mol. The van der Waals surface area contributed by atoms with Crippen LogP contribution in [0.1, 0.15) is 10.4 Å². The van der Waals surface area contributed by atoms with Gasteiger partial charge in [-0.15, -0.1) is 11.3 Å². The first-order valence-corrected chi connectivity index (χ1v) is 7.53. The van der Waals surface area contributed by atoms with E-state index >= 15 is 0 Å². The Morgan fingerprint density at radius 2 is 1.85 bits per heavy atom. The van der Waals surface area contributed by atoms with Crippen LogP contribution in [-0.4, -0.2) is 7.11 Å². The zero-order valence-electron chi connectivity index (χ0n) is 11.4. The predicted octanol–water partition coefficient (Wildman–Crippen LogP) is 4.20. The fourth-order valence-electron chi connectivity index (χ4n) is 2.25. The van der Waals surface area contributed by atoms with Crippen LogP contribution < -0.4 is 10.1 Å². The van der Waals surface area contributed by atoms with Crippen molar-refractivity contribution in [1.82, 2.24) is 5.32 Å². The first kappa shape index (κ1) is 13.2. The molecule has 1 heterocycles. The smallest absolute Gasteiger partial charge is 0.119 e. The van der Waals surface area contributed by atoms with E-state index in [1.165, 1.54) is 21.2 Å². The Morgan fingerprint density at radius 3 is 2.65 bits per heavy atom. The molecule has 0 aliphatic rings. The Hall–Kier alpha value is -1.84. The monoisotopic (exact) mass is 283 g/mol. The molecule has 0 bridgehead atoms. The Balaban J connectivity index is 1.69. The van der Waals surface area contributed by atoms with Gasteiger partial charge in [-0.05, 0) is 46.0 Å². The summed E-state index contributed by atoms with van der Waals surface area (Å²) in [6, 6.07) is 17.0. The minimum Gasteiger partial charge on any atom is -0.497 e. The number of methoxy groups -OCH3 is 1. The van der Waals surface area contributed by atoms with E-state index in [0.29, 0.717) is 0 Å². The lowest BCUT2D eigenvalue weighted by Gasteiger charge is -2.07. The molecule has 0 spiro atoms. The summed E-state index contributed by atoms with van der Waals surface area (Å²) in [5, 5.41) is 8.05. The molecule has 0 fully saturated rings. The highest BCUT2D eigenvalue weighted by Gasteiger charge is 1.99. The first-order valence-electron chi connectivity index (χ1n) is 6.65. The van der Waals surface area contributed by atoms with Gasteiger partial charge in [0.2, 0.25) is 0 Å². The second-order valence-electron chi connectivity index (χ2n) is 4.73. The van der Waals surface area contributed by atoms with E-state index in [4.69, 9.17) is 4.74 Å². The fraction of sp³-hybridized carbons (Fsp3) is 0.176. The number of fused-ring (bicyclic) bond motifs is 1. The Kier molecular flexibility index (Phi) is 4.00. The second kappa shape index (κ2) is 6.07. The van der Waals surface area contributed by atoms with Crippen LogP contribution in [0.15, 0.2) is 53.9 Å². The van der Waals surface area contributed by atoms with E-state index in [1.54, 1.807) is 18.4 Å². The normalized spacial score (nSPS) is 10.8. The molecule has 1 aromatic heterocycles. The highest BCUT2D eigenvalue weighted by atomic mass is 32.1. The van der Waals surface area contributed by atoms with E-state index in [0.717, 1.165) is 18.8 Å². The molecule has 0 unspecified atom stereocenters. The number of ether oxygens (including phenoxy) is 1. The topological polar surface area (TPSA) is 21.3 Å². The Morgan fingerprint density at radius 1 is 1.00 bits per heavy atom. The third-order valence-electron chi connectivity index (χ3n) is 3.32. The van der Waals surface area contributed by atoms with Crippen LogP contribution in [0.4, 0.5) is 0 Å². The van der Waals surface area contributed by atoms with Gasteiger partial charge in [-0.2, -0.15) is 0 Å². The molecule has 0 saturated carbocycles. The van der Waals surface area contributed by atoms with Gasteiger partial charge in [-0.1, -0.05) is 24.3 Å². The molecule has 3 rings (SSSR count). The number of rotatable bonds is 5. The van der Waals surface area contributed by atoms with Crippen LogP contribution in [-0.2, 0) is 13.1 Å². The van der Waals surface area contributed by atoms with Crippen LogP contribution in [0.5, 0.6) is 5.75 Å². The molecule has 2 aromatic carbocycles. The van der Waals surface area contributed by atoms with Crippen LogP contribution in [0.3, 0.4) is 0 Å². The molecule has 0 amide bonds. The van der Waals surface area contributed by atoms with Crippen LogP contribution >= 0.6 is 11.3 Å². The maximum Gasteiger partial charge on any atom is 0.119 e. The maximum absolute atomic E-state index is 5.25. The number of hydrogen-bond donors (Lipinski definition) is 1. The first-order chi connectivity index (χ1) is 9.85. The highest BCUT2D eigenvalue weighted by molar-refractivity contribution is 7.09. The minimum atomic E-state index is 0.889. The maximum atomic E-state index is 5.25. The Bertz CT molecular complexity index is 691. The largest absolute Gasteiger partial charge is 0.497 e. The van der Waals surface area contributed by atoms with Crippen LogP contribution in [0.2, 0.25) is 0 Å². The molecule has 0 atom stereocenters. The second-order valence-corrected chi connectivity index (χ2v) is 5.76. The van der Waals surface area contributed by atoms with Gasteiger partial charge in [0, 0.05) is 18.0 Å². The molecule has 2 nitrogen and oxygen atoms in total. The predicted molar refractivity (Wildman–Crippen MR) is 85.4 cm³/mol. The Labute approximate surface area is 123 Å². The summed E-state index contributed by atoms with van der Waals surface area (Å²) in [7, 11) is 1.70. The molecule has 3 aromatic rings. The van der Waals surface area contributed by atoms with Gasteiger partial charge in [0.05, 0.1) is 7.11 Å². The number of hydrogen-bond acceptors (Lipinski definition) is 3. The third-order valence-corrected chi connectivity index (χ3v) is 4.20. The van der Waals surface area contributed by atoms with Crippen molar-refractivity contribution in [3.05, 3.63) is 64.4 Å². The summed E-state index contributed by atoms with van der Waals surface area (Å²) < 4.78 is 5.25. The fourth-order valence-corrected chi connectivity index (χ4v) is 2.93. The van der Waals surface area contributed by atoms with E-state index in [1.807, 2.05) is 6.07 Å². The lowest BCUT2D eigenvalue weighted by Crippen LogP contribution is -2.11. The average Bonchev–Trinajstić information content (AvgIpc) is 3.00. The summed E-state index contributed by atoms with van der Waals surface area (Å²) >= 11 is 1.79. The van der Waals surface area contributed by atoms with Crippen molar-refractivity contribution in [3.8, 4) is 5.75 Å². The SMILES string of the molecule is COc1ccc2cc(CNCc3cccs3)ccc2c1.